The van der Waals surface area contributed by atoms with Crippen LogP contribution < -0.4 is 10.6 Å². The van der Waals surface area contributed by atoms with Crippen LogP contribution in [-0.2, 0) is 6.54 Å². The number of rotatable bonds is 4. The first-order valence-corrected chi connectivity index (χ1v) is 8.63. The Balaban J connectivity index is 1.44. The van der Waals surface area contributed by atoms with Crippen LogP contribution >= 0.6 is 0 Å². The van der Waals surface area contributed by atoms with Crippen molar-refractivity contribution in [2.75, 3.05) is 18.4 Å². The molecule has 1 saturated heterocycles. The predicted molar refractivity (Wildman–Crippen MR) is 101 cm³/mol. The lowest BCUT2D eigenvalue weighted by Crippen LogP contribution is -2.45. The van der Waals surface area contributed by atoms with E-state index in [0.717, 1.165) is 43.7 Å². The van der Waals surface area contributed by atoms with E-state index in [1.807, 2.05) is 24.3 Å². The number of likely N-dealkylation sites (tertiary alicyclic amines) is 1. The lowest BCUT2D eigenvalue weighted by Gasteiger charge is -2.32. The molecule has 2 aromatic carbocycles. The molecular formula is C21H23N3O. The number of carbonyl (C=O) groups is 1. The van der Waals surface area contributed by atoms with Gasteiger partial charge in [-0.15, -0.1) is 6.42 Å². The molecule has 2 aromatic rings. The van der Waals surface area contributed by atoms with Gasteiger partial charge in [-0.25, -0.2) is 4.79 Å². The molecule has 0 unspecified atom stereocenters. The zero-order valence-electron chi connectivity index (χ0n) is 14.2. The number of nitrogens with zero attached hydrogens (tertiary/aromatic N) is 1. The number of piperidine rings is 1. The highest BCUT2D eigenvalue weighted by Gasteiger charge is 2.20. The first-order valence-electron chi connectivity index (χ1n) is 8.63. The summed E-state index contributed by atoms with van der Waals surface area (Å²) in [4.78, 5) is 14.6. The molecular weight excluding hydrogens is 310 g/mol. The monoisotopic (exact) mass is 333 g/mol. The molecule has 1 heterocycles. The molecule has 1 fully saturated rings. The van der Waals surface area contributed by atoms with Gasteiger partial charge >= 0.3 is 6.03 Å². The molecule has 4 heteroatoms. The third kappa shape index (κ3) is 5.10. The van der Waals surface area contributed by atoms with Crippen molar-refractivity contribution in [2.24, 2.45) is 0 Å². The van der Waals surface area contributed by atoms with Gasteiger partial charge in [0.15, 0.2) is 0 Å². The van der Waals surface area contributed by atoms with Crippen molar-refractivity contribution in [3.05, 3.63) is 65.7 Å². The number of benzene rings is 2. The molecule has 2 amide bonds. The van der Waals surface area contributed by atoms with Gasteiger partial charge in [0.1, 0.15) is 0 Å². The Bertz CT molecular complexity index is 743. The minimum absolute atomic E-state index is 0.171. The smallest absolute Gasteiger partial charge is 0.319 e. The fraction of sp³-hybridized carbons (Fsp3) is 0.286. The lowest BCUT2D eigenvalue weighted by molar-refractivity contribution is 0.190. The summed E-state index contributed by atoms with van der Waals surface area (Å²) in [5.41, 5.74) is 2.81. The highest BCUT2D eigenvalue weighted by molar-refractivity contribution is 5.89. The Hall–Kier alpha value is -2.77. The number of terminal acetylenes is 1. The van der Waals surface area contributed by atoms with E-state index < -0.39 is 0 Å². The van der Waals surface area contributed by atoms with Crippen LogP contribution in [0.4, 0.5) is 10.5 Å². The van der Waals surface area contributed by atoms with Gasteiger partial charge in [0.2, 0.25) is 0 Å². The Labute approximate surface area is 149 Å². The number of urea groups is 1. The van der Waals surface area contributed by atoms with Crippen molar-refractivity contribution < 1.29 is 4.79 Å². The summed E-state index contributed by atoms with van der Waals surface area (Å²) in [5.74, 6) is 2.57. The molecule has 0 saturated carbocycles. The van der Waals surface area contributed by atoms with E-state index in [9.17, 15) is 4.79 Å². The lowest BCUT2D eigenvalue weighted by atomic mass is 10.0. The quantitative estimate of drug-likeness (QED) is 0.842. The molecule has 1 aliphatic rings. The van der Waals surface area contributed by atoms with Gasteiger partial charge in [0.25, 0.3) is 0 Å². The normalized spacial score (nSPS) is 15.3. The number of anilines is 1. The summed E-state index contributed by atoms with van der Waals surface area (Å²) >= 11 is 0. The summed E-state index contributed by atoms with van der Waals surface area (Å²) in [6.07, 6.45) is 7.31. The van der Waals surface area contributed by atoms with E-state index in [4.69, 9.17) is 6.42 Å². The average Bonchev–Trinajstić information content (AvgIpc) is 2.64. The van der Waals surface area contributed by atoms with Gasteiger partial charge in [-0.3, -0.25) is 4.90 Å². The topological polar surface area (TPSA) is 44.4 Å². The summed E-state index contributed by atoms with van der Waals surface area (Å²) in [6.45, 7) is 2.96. The van der Waals surface area contributed by atoms with E-state index in [2.05, 4.69) is 45.7 Å². The maximum absolute atomic E-state index is 12.2. The molecule has 0 aromatic heterocycles. The standard InChI is InChI=1S/C21H23N3O/c1-2-17-9-6-10-20(15-17)23-21(25)22-19-11-13-24(14-12-19)16-18-7-4-3-5-8-18/h1,3-10,15,19H,11-14,16H2,(H2,22,23,25). The van der Waals surface area contributed by atoms with Crippen LogP contribution in [0.25, 0.3) is 0 Å². The van der Waals surface area contributed by atoms with Crippen LogP contribution in [0.2, 0.25) is 0 Å². The summed E-state index contributed by atoms with van der Waals surface area (Å²) in [7, 11) is 0. The van der Waals surface area contributed by atoms with Gasteiger partial charge in [-0.05, 0) is 36.6 Å². The predicted octanol–water partition coefficient (Wildman–Crippen LogP) is 3.45. The van der Waals surface area contributed by atoms with Gasteiger partial charge in [0, 0.05) is 36.9 Å². The van der Waals surface area contributed by atoms with Crippen molar-refractivity contribution >= 4 is 11.7 Å². The Morgan fingerprint density at radius 3 is 2.60 bits per heavy atom. The van der Waals surface area contributed by atoms with E-state index in [0.29, 0.717) is 0 Å². The maximum Gasteiger partial charge on any atom is 0.319 e. The van der Waals surface area contributed by atoms with E-state index >= 15 is 0 Å². The Morgan fingerprint density at radius 1 is 1.12 bits per heavy atom. The molecule has 1 aliphatic heterocycles. The van der Waals surface area contributed by atoms with E-state index in [1.165, 1.54) is 5.56 Å². The van der Waals surface area contributed by atoms with Crippen LogP contribution in [0, 0.1) is 12.3 Å². The third-order valence-electron chi connectivity index (χ3n) is 4.46. The number of nitrogens with one attached hydrogen (secondary N) is 2. The average molecular weight is 333 g/mol. The van der Waals surface area contributed by atoms with Crippen molar-refractivity contribution in [3.8, 4) is 12.3 Å². The Kier molecular flexibility index (Phi) is 5.71. The second-order valence-electron chi connectivity index (χ2n) is 6.36. The van der Waals surface area contributed by atoms with Crippen LogP contribution in [0.5, 0.6) is 0 Å². The largest absolute Gasteiger partial charge is 0.335 e. The summed E-state index contributed by atoms with van der Waals surface area (Å²) < 4.78 is 0. The molecule has 0 radical (unpaired) electrons. The van der Waals surface area contributed by atoms with E-state index in [-0.39, 0.29) is 12.1 Å². The molecule has 2 N–H and O–H groups in total. The zero-order valence-corrected chi connectivity index (χ0v) is 14.2. The highest BCUT2D eigenvalue weighted by atomic mass is 16.2. The molecule has 0 aliphatic carbocycles. The number of amides is 2. The fourth-order valence-electron chi connectivity index (χ4n) is 3.12. The third-order valence-corrected chi connectivity index (χ3v) is 4.46. The van der Waals surface area contributed by atoms with Crippen molar-refractivity contribution in [1.82, 2.24) is 10.2 Å². The SMILES string of the molecule is C#Cc1cccc(NC(=O)NC2CCN(Cc3ccccc3)CC2)c1. The number of hydrogen-bond acceptors (Lipinski definition) is 2. The van der Waals surface area contributed by atoms with Gasteiger partial charge in [-0.1, -0.05) is 42.3 Å². The molecule has 25 heavy (non-hydrogen) atoms. The second-order valence-corrected chi connectivity index (χ2v) is 6.36. The van der Waals surface area contributed by atoms with Gasteiger partial charge in [-0.2, -0.15) is 0 Å². The minimum atomic E-state index is -0.171. The first kappa shape index (κ1) is 17.1. The Morgan fingerprint density at radius 2 is 1.88 bits per heavy atom. The van der Waals surface area contributed by atoms with Crippen LogP contribution in [0.3, 0.4) is 0 Å². The summed E-state index contributed by atoms with van der Waals surface area (Å²) in [6, 6.07) is 17.8. The van der Waals surface area contributed by atoms with Crippen LogP contribution in [0.1, 0.15) is 24.0 Å². The molecule has 4 nitrogen and oxygen atoms in total. The molecule has 0 spiro atoms. The van der Waals surface area contributed by atoms with Crippen molar-refractivity contribution in [2.45, 2.75) is 25.4 Å². The highest BCUT2D eigenvalue weighted by Crippen LogP contribution is 2.14. The van der Waals surface area contributed by atoms with Crippen molar-refractivity contribution in [3.63, 3.8) is 0 Å². The summed E-state index contributed by atoms with van der Waals surface area (Å²) in [5, 5.41) is 5.92. The molecule has 0 atom stereocenters. The zero-order chi connectivity index (χ0) is 17.5. The second kappa shape index (κ2) is 8.36. The van der Waals surface area contributed by atoms with Crippen molar-refractivity contribution in [1.29, 1.82) is 0 Å². The fourth-order valence-corrected chi connectivity index (χ4v) is 3.12. The van der Waals surface area contributed by atoms with Gasteiger partial charge in [0.05, 0.1) is 0 Å². The maximum atomic E-state index is 12.2. The molecule has 128 valence electrons. The van der Waals surface area contributed by atoms with Crippen LogP contribution in [0.15, 0.2) is 54.6 Å². The minimum Gasteiger partial charge on any atom is -0.335 e. The first-order chi connectivity index (χ1) is 12.2. The van der Waals surface area contributed by atoms with Crippen LogP contribution in [-0.4, -0.2) is 30.1 Å². The molecule has 0 bridgehead atoms. The molecule has 3 rings (SSSR count). The van der Waals surface area contributed by atoms with Gasteiger partial charge < -0.3 is 10.6 Å². The number of carbonyl (C=O) groups excluding carboxylic acids is 1. The van der Waals surface area contributed by atoms with E-state index in [1.54, 1.807) is 6.07 Å². The number of hydrogen-bond donors (Lipinski definition) is 2.